The Balaban J connectivity index is 0.00000124. The molecule has 1 fully saturated rings. The molecular formula is C28H30N6O. The molecule has 0 bridgehead atoms. The van der Waals surface area contributed by atoms with Gasteiger partial charge in [-0.25, -0.2) is 9.50 Å². The maximum Gasteiger partial charge on any atom is 0.162 e. The zero-order chi connectivity index (χ0) is 24.2. The summed E-state index contributed by atoms with van der Waals surface area (Å²) in [5, 5.41) is 18.4. The molecule has 7 nitrogen and oxygen atoms in total. The first-order valence-corrected chi connectivity index (χ1v) is 12.2. The van der Waals surface area contributed by atoms with Crippen LogP contribution in [0.15, 0.2) is 73.3 Å². The summed E-state index contributed by atoms with van der Waals surface area (Å²) in [4.78, 5) is 11.6. The number of nitrogens with one attached hydrogen (secondary N) is 1. The summed E-state index contributed by atoms with van der Waals surface area (Å²) in [6.45, 7) is 8.12. The molecule has 3 aromatic heterocycles. The van der Waals surface area contributed by atoms with Crippen LogP contribution in [0.5, 0.6) is 0 Å². The van der Waals surface area contributed by atoms with Crippen molar-refractivity contribution in [1.29, 1.82) is 0 Å². The van der Waals surface area contributed by atoms with Gasteiger partial charge in [-0.3, -0.25) is 4.98 Å². The molecule has 0 radical (unpaired) electrons. The summed E-state index contributed by atoms with van der Waals surface area (Å²) in [5.41, 5.74) is 7.87. The molecule has 35 heavy (non-hydrogen) atoms. The van der Waals surface area contributed by atoms with E-state index in [1.54, 1.807) is 6.20 Å². The van der Waals surface area contributed by atoms with Crippen molar-refractivity contribution in [2.24, 2.45) is 0 Å². The lowest BCUT2D eigenvalue weighted by Gasteiger charge is -2.29. The Morgan fingerprint density at radius 1 is 0.886 bits per heavy atom. The van der Waals surface area contributed by atoms with Gasteiger partial charge in [-0.05, 0) is 41.0 Å². The van der Waals surface area contributed by atoms with Gasteiger partial charge in [0.15, 0.2) is 5.65 Å². The van der Waals surface area contributed by atoms with E-state index in [4.69, 9.17) is 4.98 Å². The molecule has 0 amide bonds. The van der Waals surface area contributed by atoms with Crippen LogP contribution in [0.25, 0.3) is 38.8 Å². The largest absolute Gasteiger partial charge is 0.392 e. The Hall–Kier alpha value is -3.81. The number of aromatic nitrogens is 4. The topological polar surface area (TPSA) is 78.6 Å². The van der Waals surface area contributed by atoms with Crippen LogP contribution >= 0.6 is 0 Å². The highest BCUT2D eigenvalue weighted by atomic mass is 16.3. The van der Waals surface area contributed by atoms with E-state index in [0.717, 1.165) is 70.5 Å². The summed E-state index contributed by atoms with van der Waals surface area (Å²) < 4.78 is 1.84. The van der Waals surface area contributed by atoms with Crippen LogP contribution in [0.3, 0.4) is 0 Å². The predicted molar refractivity (Wildman–Crippen MR) is 142 cm³/mol. The quantitative estimate of drug-likeness (QED) is 0.405. The number of aliphatic hydroxyl groups excluding tert-OH is 1. The number of fused-ring (bicyclic) bond motifs is 2. The van der Waals surface area contributed by atoms with Crippen LogP contribution in [0.1, 0.15) is 19.4 Å². The van der Waals surface area contributed by atoms with Gasteiger partial charge in [0, 0.05) is 67.0 Å². The molecule has 0 aliphatic carbocycles. The maximum atomic E-state index is 9.44. The van der Waals surface area contributed by atoms with E-state index in [1.807, 2.05) is 61.2 Å². The Kier molecular flexibility index (Phi) is 6.70. The Morgan fingerprint density at radius 3 is 2.46 bits per heavy atom. The number of nitrogens with zero attached hydrogens (tertiary/aromatic N) is 5. The van der Waals surface area contributed by atoms with Gasteiger partial charge in [-0.15, -0.1) is 0 Å². The van der Waals surface area contributed by atoms with Crippen molar-refractivity contribution in [2.45, 2.75) is 20.5 Å². The number of piperazine rings is 1. The molecule has 6 rings (SSSR count). The molecule has 0 saturated carbocycles. The molecule has 178 valence electrons. The molecule has 5 aromatic rings. The summed E-state index contributed by atoms with van der Waals surface area (Å²) in [5.74, 6) is 0. The molecule has 4 heterocycles. The van der Waals surface area contributed by atoms with Gasteiger partial charge in [0.25, 0.3) is 0 Å². The lowest BCUT2D eigenvalue weighted by atomic mass is 10.0. The fourth-order valence-corrected chi connectivity index (χ4v) is 4.53. The van der Waals surface area contributed by atoms with Gasteiger partial charge < -0.3 is 15.3 Å². The number of anilines is 1. The second-order valence-corrected chi connectivity index (χ2v) is 8.32. The highest BCUT2D eigenvalue weighted by molar-refractivity contribution is 5.97. The van der Waals surface area contributed by atoms with E-state index in [-0.39, 0.29) is 6.61 Å². The van der Waals surface area contributed by atoms with Gasteiger partial charge in [0.2, 0.25) is 0 Å². The molecule has 1 aliphatic heterocycles. The van der Waals surface area contributed by atoms with Crippen LogP contribution in [0.4, 0.5) is 5.69 Å². The Bertz CT molecular complexity index is 1440. The van der Waals surface area contributed by atoms with Crippen molar-refractivity contribution in [1.82, 2.24) is 24.9 Å². The van der Waals surface area contributed by atoms with Crippen LogP contribution in [0.2, 0.25) is 0 Å². The molecule has 0 unspecified atom stereocenters. The second-order valence-electron chi connectivity index (χ2n) is 8.32. The molecule has 0 spiro atoms. The van der Waals surface area contributed by atoms with Gasteiger partial charge in [-0.2, -0.15) is 5.10 Å². The third-order valence-electron chi connectivity index (χ3n) is 6.32. The maximum absolute atomic E-state index is 9.44. The smallest absolute Gasteiger partial charge is 0.162 e. The molecule has 1 saturated heterocycles. The highest BCUT2D eigenvalue weighted by Crippen LogP contribution is 2.31. The fraction of sp³-hybridized carbons (Fsp3) is 0.250. The number of benzene rings is 2. The van der Waals surface area contributed by atoms with Crippen LogP contribution in [0, 0.1) is 0 Å². The number of rotatable bonds is 4. The van der Waals surface area contributed by atoms with E-state index in [9.17, 15) is 5.11 Å². The van der Waals surface area contributed by atoms with E-state index >= 15 is 0 Å². The second kappa shape index (κ2) is 10.2. The lowest BCUT2D eigenvalue weighted by molar-refractivity contribution is 0.282. The first-order chi connectivity index (χ1) is 17.3. The molecular weight excluding hydrogens is 436 g/mol. The highest BCUT2D eigenvalue weighted by Gasteiger charge is 2.14. The van der Waals surface area contributed by atoms with Crippen LogP contribution in [-0.4, -0.2) is 50.9 Å². The number of aliphatic hydroxyl groups is 1. The van der Waals surface area contributed by atoms with Crippen molar-refractivity contribution in [2.75, 3.05) is 31.1 Å². The van der Waals surface area contributed by atoms with Gasteiger partial charge >= 0.3 is 0 Å². The van der Waals surface area contributed by atoms with Crippen molar-refractivity contribution >= 4 is 22.2 Å². The lowest BCUT2D eigenvalue weighted by Crippen LogP contribution is -2.43. The van der Waals surface area contributed by atoms with Crippen molar-refractivity contribution in [3.63, 3.8) is 0 Å². The normalized spacial score (nSPS) is 13.6. The van der Waals surface area contributed by atoms with Gasteiger partial charge in [0.05, 0.1) is 18.3 Å². The molecule has 0 atom stereocenters. The molecule has 2 N–H and O–H groups in total. The van der Waals surface area contributed by atoms with Gasteiger partial charge in [0.1, 0.15) is 0 Å². The number of hydrogen-bond acceptors (Lipinski definition) is 6. The molecule has 2 aromatic carbocycles. The first-order valence-electron chi connectivity index (χ1n) is 12.2. The van der Waals surface area contributed by atoms with Crippen molar-refractivity contribution in [3.05, 3.63) is 78.9 Å². The van der Waals surface area contributed by atoms with Gasteiger partial charge in [-0.1, -0.05) is 38.1 Å². The third kappa shape index (κ3) is 4.48. The van der Waals surface area contributed by atoms with Crippen LogP contribution in [-0.2, 0) is 6.61 Å². The van der Waals surface area contributed by atoms with Crippen LogP contribution < -0.4 is 10.2 Å². The molecule has 1 aliphatic rings. The number of pyridine rings is 1. The SMILES string of the molecule is CC.OCc1ccc2c(-c3cnn4cc(-c5ccc(N6CCNCC6)cc5)cnc34)ccnc2c1. The van der Waals surface area contributed by atoms with E-state index in [2.05, 4.69) is 44.6 Å². The molecule has 7 heteroatoms. The zero-order valence-corrected chi connectivity index (χ0v) is 20.1. The van der Waals surface area contributed by atoms with Crippen molar-refractivity contribution in [3.8, 4) is 22.3 Å². The van der Waals surface area contributed by atoms with Crippen molar-refractivity contribution < 1.29 is 5.11 Å². The number of hydrogen-bond donors (Lipinski definition) is 2. The predicted octanol–water partition coefficient (Wildman–Crippen LogP) is 4.54. The Labute approximate surface area is 205 Å². The summed E-state index contributed by atoms with van der Waals surface area (Å²) in [6, 6.07) is 16.5. The minimum Gasteiger partial charge on any atom is -0.392 e. The zero-order valence-electron chi connectivity index (χ0n) is 20.1. The first kappa shape index (κ1) is 23.0. The fourth-order valence-electron chi connectivity index (χ4n) is 4.53. The minimum atomic E-state index is -0.000880. The summed E-state index contributed by atoms with van der Waals surface area (Å²) in [7, 11) is 0. The Morgan fingerprint density at radius 2 is 1.69 bits per heavy atom. The average Bonchev–Trinajstić information content (AvgIpc) is 3.37. The third-order valence-corrected chi connectivity index (χ3v) is 6.32. The minimum absolute atomic E-state index is 0.000880. The summed E-state index contributed by atoms with van der Waals surface area (Å²) >= 11 is 0. The summed E-state index contributed by atoms with van der Waals surface area (Å²) in [6.07, 6.45) is 7.58. The van der Waals surface area contributed by atoms with E-state index < -0.39 is 0 Å². The average molecular weight is 467 g/mol. The van der Waals surface area contributed by atoms with E-state index in [1.165, 1.54) is 5.69 Å². The standard InChI is InChI=1S/C26H24N6O.C2H6/c33-17-18-1-6-23-22(7-8-28-25(23)13-18)24-15-30-32-16-20(14-29-26(24)32)19-2-4-21(5-3-19)31-11-9-27-10-12-31;1-2/h1-8,13-16,27,33H,9-12,17H2;1-2H3. The monoisotopic (exact) mass is 466 g/mol. The van der Waals surface area contributed by atoms with E-state index in [0.29, 0.717) is 0 Å².